The molecule has 20 heavy (non-hydrogen) atoms. The monoisotopic (exact) mass is 292 g/mol. The second-order valence-electron chi connectivity index (χ2n) is 4.60. The quantitative estimate of drug-likeness (QED) is 0.853. The van der Waals surface area contributed by atoms with Gasteiger partial charge in [0.05, 0.1) is 25.4 Å². The highest BCUT2D eigenvalue weighted by molar-refractivity contribution is 6.31. The number of nitrogens with zero attached hydrogens (tertiary/aromatic N) is 2. The Morgan fingerprint density at radius 2 is 2.35 bits per heavy atom. The summed E-state index contributed by atoms with van der Waals surface area (Å²) in [5.41, 5.74) is 1.42. The molecule has 1 amide bonds. The van der Waals surface area contributed by atoms with Gasteiger partial charge in [-0.1, -0.05) is 16.8 Å². The van der Waals surface area contributed by atoms with Crippen molar-refractivity contribution in [1.82, 2.24) is 10.1 Å². The third-order valence-electron chi connectivity index (χ3n) is 3.38. The molecular formula is C14H13ClN2O3. The summed E-state index contributed by atoms with van der Waals surface area (Å²) in [7, 11) is 1.54. The normalized spacial score (nSPS) is 14.0. The maximum Gasteiger partial charge on any atom is 0.257 e. The van der Waals surface area contributed by atoms with E-state index in [0.29, 0.717) is 35.8 Å². The van der Waals surface area contributed by atoms with Gasteiger partial charge in [0.15, 0.2) is 0 Å². The lowest BCUT2D eigenvalue weighted by atomic mass is 10.1. The zero-order valence-electron chi connectivity index (χ0n) is 10.9. The minimum Gasteiger partial charge on any atom is -0.496 e. The lowest BCUT2D eigenvalue weighted by Crippen LogP contribution is -2.35. The molecule has 0 saturated carbocycles. The molecular weight excluding hydrogens is 280 g/mol. The number of benzene rings is 1. The molecule has 1 aromatic heterocycles. The van der Waals surface area contributed by atoms with Crippen LogP contribution in [0, 0.1) is 0 Å². The fraction of sp³-hybridized carbons (Fsp3) is 0.286. The molecule has 1 aliphatic heterocycles. The fourth-order valence-corrected chi connectivity index (χ4v) is 2.50. The van der Waals surface area contributed by atoms with Crippen molar-refractivity contribution in [2.75, 3.05) is 13.7 Å². The molecule has 6 heteroatoms. The number of hydrogen-bond donors (Lipinski definition) is 0. The highest BCUT2D eigenvalue weighted by Crippen LogP contribution is 2.26. The van der Waals surface area contributed by atoms with Gasteiger partial charge < -0.3 is 14.2 Å². The molecule has 3 rings (SSSR count). The van der Waals surface area contributed by atoms with Crippen molar-refractivity contribution in [3.8, 4) is 5.75 Å². The summed E-state index contributed by atoms with van der Waals surface area (Å²) in [5, 5.41) is 4.27. The molecule has 104 valence electrons. The van der Waals surface area contributed by atoms with E-state index in [1.807, 2.05) is 0 Å². The molecule has 5 nitrogen and oxygen atoms in total. The SMILES string of the molecule is COc1ccc(Cl)cc1C(=O)N1CCc2oncc2C1. The lowest BCUT2D eigenvalue weighted by Gasteiger charge is -2.26. The van der Waals surface area contributed by atoms with E-state index in [1.165, 1.54) is 7.11 Å². The van der Waals surface area contributed by atoms with Crippen LogP contribution in [-0.2, 0) is 13.0 Å². The Bertz CT molecular complexity index is 654. The van der Waals surface area contributed by atoms with Gasteiger partial charge in [-0.2, -0.15) is 0 Å². The molecule has 0 spiro atoms. The van der Waals surface area contributed by atoms with Crippen LogP contribution in [0.4, 0.5) is 0 Å². The third-order valence-corrected chi connectivity index (χ3v) is 3.61. The molecule has 0 N–H and O–H groups in total. The zero-order chi connectivity index (χ0) is 14.1. The maximum absolute atomic E-state index is 12.6. The summed E-state index contributed by atoms with van der Waals surface area (Å²) < 4.78 is 10.3. The van der Waals surface area contributed by atoms with Crippen LogP contribution in [0.5, 0.6) is 5.75 Å². The minimum atomic E-state index is -0.101. The molecule has 1 aromatic carbocycles. The molecule has 0 saturated heterocycles. The van der Waals surface area contributed by atoms with Crippen LogP contribution in [0.2, 0.25) is 5.02 Å². The molecule has 0 aliphatic carbocycles. The van der Waals surface area contributed by atoms with E-state index < -0.39 is 0 Å². The number of halogens is 1. The number of ether oxygens (including phenoxy) is 1. The van der Waals surface area contributed by atoms with E-state index in [9.17, 15) is 4.79 Å². The number of aromatic nitrogens is 1. The van der Waals surface area contributed by atoms with Gasteiger partial charge >= 0.3 is 0 Å². The first kappa shape index (κ1) is 13.0. The van der Waals surface area contributed by atoms with Crippen LogP contribution < -0.4 is 4.74 Å². The summed E-state index contributed by atoms with van der Waals surface area (Å²) in [6.07, 6.45) is 2.33. The highest BCUT2D eigenvalue weighted by atomic mass is 35.5. The molecule has 0 unspecified atom stereocenters. The molecule has 0 radical (unpaired) electrons. The number of rotatable bonds is 2. The average molecular weight is 293 g/mol. The van der Waals surface area contributed by atoms with E-state index in [-0.39, 0.29) is 5.91 Å². The van der Waals surface area contributed by atoms with Gasteiger partial charge in [0.1, 0.15) is 11.5 Å². The van der Waals surface area contributed by atoms with Crippen molar-refractivity contribution in [3.05, 3.63) is 46.3 Å². The van der Waals surface area contributed by atoms with E-state index in [2.05, 4.69) is 5.16 Å². The van der Waals surface area contributed by atoms with Crippen LogP contribution in [0.25, 0.3) is 0 Å². The maximum atomic E-state index is 12.6. The van der Waals surface area contributed by atoms with Gasteiger partial charge in [-0.05, 0) is 18.2 Å². The molecule has 2 heterocycles. The predicted molar refractivity (Wildman–Crippen MR) is 73.0 cm³/mol. The summed E-state index contributed by atoms with van der Waals surface area (Å²) in [6, 6.07) is 5.03. The van der Waals surface area contributed by atoms with Crippen molar-refractivity contribution >= 4 is 17.5 Å². The highest BCUT2D eigenvalue weighted by Gasteiger charge is 2.26. The van der Waals surface area contributed by atoms with Crippen molar-refractivity contribution in [1.29, 1.82) is 0 Å². The topological polar surface area (TPSA) is 55.6 Å². The molecule has 1 aliphatic rings. The van der Waals surface area contributed by atoms with Crippen LogP contribution >= 0.6 is 11.6 Å². The largest absolute Gasteiger partial charge is 0.496 e. The van der Waals surface area contributed by atoms with Gasteiger partial charge in [-0.3, -0.25) is 4.79 Å². The lowest BCUT2D eigenvalue weighted by molar-refractivity contribution is 0.0725. The van der Waals surface area contributed by atoms with E-state index in [1.54, 1.807) is 29.3 Å². The molecule has 2 aromatic rings. The Balaban J connectivity index is 1.88. The molecule has 0 bridgehead atoms. The number of carbonyl (C=O) groups is 1. The van der Waals surface area contributed by atoms with Crippen molar-refractivity contribution in [2.45, 2.75) is 13.0 Å². The second kappa shape index (κ2) is 5.17. The number of hydrogen-bond acceptors (Lipinski definition) is 4. The zero-order valence-corrected chi connectivity index (χ0v) is 11.7. The van der Waals surface area contributed by atoms with Crippen LogP contribution in [0.1, 0.15) is 21.7 Å². The van der Waals surface area contributed by atoms with Gasteiger partial charge in [-0.25, -0.2) is 0 Å². The number of methoxy groups -OCH3 is 1. The minimum absolute atomic E-state index is 0.101. The standard InChI is InChI=1S/C14H13ClN2O3/c1-19-13-3-2-10(15)6-11(13)14(18)17-5-4-12-9(8-17)7-16-20-12/h2-3,6-7H,4-5,8H2,1H3. The first-order valence-electron chi connectivity index (χ1n) is 6.24. The third kappa shape index (κ3) is 2.25. The van der Waals surface area contributed by atoms with E-state index >= 15 is 0 Å². The van der Waals surface area contributed by atoms with Crippen LogP contribution in [0.3, 0.4) is 0 Å². The van der Waals surface area contributed by atoms with Crippen molar-refractivity contribution < 1.29 is 14.1 Å². The van der Waals surface area contributed by atoms with Gasteiger partial charge in [0, 0.05) is 23.6 Å². The Morgan fingerprint density at radius 3 is 3.15 bits per heavy atom. The smallest absolute Gasteiger partial charge is 0.257 e. The average Bonchev–Trinajstić information content (AvgIpc) is 2.93. The Kier molecular flexibility index (Phi) is 3.36. The Morgan fingerprint density at radius 1 is 1.50 bits per heavy atom. The van der Waals surface area contributed by atoms with E-state index in [0.717, 1.165) is 11.3 Å². The van der Waals surface area contributed by atoms with Crippen LogP contribution in [0.15, 0.2) is 28.9 Å². The predicted octanol–water partition coefficient (Wildman–Crippen LogP) is 2.54. The summed E-state index contributed by atoms with van der Waals surface area (Å²) in [5.74, 6) is 1.28. The Labute approximate surface area is 121 Å². The molecule has 0 atom stereocenters. The second-order valence-corrected chi connectivity index (χ2v) is 5.03. The number of fused-ring (bicyclic) bond motifs is 1. The van der Waals surface area contributed by atoms with Crippen LogP contribution in [-0.4, -0.2) is 29.6 Å². The summed E-state index contributed by atoms with van der Waals surface area (Å²) >= 11 is 5.97. The van der Waals surface area contributed by atoms with Crippen molar-refractivity contribution in [2.24, 2.45) is 0 Å². The number of amides is 1. The van der Waals surface area contributed by atoms with Gasteiger partial charge in [0.2, 0.25) is 0 Å². The fourth-order valence-electron chi connectivity index (χ4n) is 2.33. The molecule has 0 fully saturated rings. The van der Waals surface area contributed by atoms with Gasteiger partial charge in [-0.15, -0.1) is 0 Å². The number of carbonyl (C=O) groups excluding carboxylic acids is 1. The van der Waals surface area contributed by atoms with E-state index in [4.69, 9.17) is 20.9 Å². The summed E-state index contributed by atoms with van der Waals surface area (Å²) in [6.45, 7) is 1.09. The van der Waals surface area contributed by atoms with Crippen molar-refractivity contribution in [3.63, 3.8) is 0 Å². The first-order valence-corrected chi connectivity index (χ1v) is 6.62. The first-order chi connectivity index (χ1) is 9.69. The Hall–Kier alpha value is -2.01. The van der Waals surface area contributed by atoms with Gasteiger partial charge in [0.25, 0.3) is 5.91 Å². The summed E-state index contributed by atoms with van der Waals surface area (Å²) in [4.78, 5) is 14.3.